The van der Waals surface area contributed by atoms with Crippen LogP contribution < -0.4 is 5.32 Å². The summed E-state index contributed by atoms with van der Waals surface area (Å²) in [5.41, 5.74) is 3.14. The Morgan fingerprint density at radius 3 is 2.29 bits per heavy atom. The fraction of sp³-hybridized carbons (Fsp3) is 0.174. The lowest BCUT2D eigenvalue weighted by molar-refractivity contribution is -0.116. The van der Waals surface area contributed by atoms with Gasteiger partial charge in [0.2, 0.25) is 15.9 Å². The van der Waals surface area contributed by atoms with Crippen LogP contribution in [0.3, 0.4) is 0 Å². The Morgan fingerprint density at radius 2 is 1.61 bits per heavy atom. The third kappa shape index (κ3) is 6.08. The summed E-state index contributed by atoms with van der Waals surface area (Å²) in [4.78, 5) is 12.9. The molecular weight excluding hydrogens is 455 g/mol. The van der Waals surface area contributed by atoms with Gasteiger partial charge in [-0.05, 0) is 61.4 Å². The second kappa shape index (κ2) is 9.83. The van der Waals surface area contributed by atoms with E-state index in [0.717, 1.165) is 21.0 Å². The molecule has 0 unspecified atom stereocenters. The van der Waals surface area contributed by atoms with Crippen LogP contribution in [0.2, 0.25) is 10.0 Å². The molecule has 31 heavy (non-hydrogen) atoms. The topological polar surface area (TPSA) is 66.5 Å². The van der Waals surface area contributed by atoms with Gasteiger partial charge in [0.05, 0.1) is 11.4 Å². The number of carbonyl (C=O) groups excluding carboxylic acids is 1. The van der Waals surface area contributed by atoms with Gasteiger partial charge in [0.1, 0.15) is 0 Å². The van der Waals surface area contributed by atoms with Crippen molar-refractivity contribution in [1.82, 2.24) is 4.31 Å². The molecule has 0 aromatic heterocycles. The molecule has 0 saturated carbocycles. The fourth-order valence-electron chi connectivity index (χ4n) is 3.07. The summed E-state index contributed by atoms with van der Waals surface area (Å²) in [6, 6.07) is 18.5. The molecule has 5 nitrogen and oxygen atoms in total. The molecule has 1 N–H and O–H groups in total. The van der Waals surface area contributed by atoms with Crippen LogP contribution in [-0.4, -0.2) is 25.2 Å². The molecule has 0 saturated heterocycles. The van der Waals surface area contributed by atoms with E-state index in [9.17, 15) is 13.2 Å². The number of anilines is 1. The van der Waals surface area contributed by atoms with Crippen LogP contribution in [0.15, 0.2) is 71.6 Å². The van der Waals surface area contributed by atoms with E-state index in [2.05, 4.69) is 5.32 Å². The van der Waals surface area contributed by atoms with E-state index in [1.165, 1.54) is 24.3 Å². The van der Waals surface area contributed by atoms with Gasteiger partial charge in [0.25, 0.3) is 0 Å². The predicted octanol–water partition coefficient (Wildman–Crippen LogP) is 5.44. The summed E-state index contributed by atoms with van der Waals surface area (Å²) in [5.74, 6) is -0.462. The van der Waals surface area contributed by atoms with E-state index in [1.807, 2.05) is 38.1 Å². The Balaban J connectivity index is 1.90. The number of nitrogens with one attached hydrogen (secondary N) is 1. The average molecular weight is 477 g/mol. The highest BCUT2D eigenvalue weighted by molar-refractivity contribution is 7.89. The van der Waals surface area contributed by atoms with Gasteiger partial charge in [0.15, 0.2) is 0 Å². The van der Waals surface area contributed by atoms with Crippen LogP contribution in [-0.2, 0) is 21.4 Å². The maximum atomic E-state index is 13.3. The lowest BCUT2D eigenvalue weighted by atomic mass is 10.1. The Hall–Kier alpha value is -2.38. The highest BCUT2D eigenvalue weighted by Crippen LogP contribution is 2.23. The van der Waals surface area contributed by atoms with Crippen molar-refractivity contribution in [3.63, 3.8) is 0 Å². The Morgan fingerprint density at radius 1 is 0.935 bits per heavy atom. The molecule has 0 fully saturated rings. The zero-order valence-electron chi connectivity index (χ0n) is 17.1. The van der Waals surface area contributed by atoms with Crippen LogP contribution in [0.5, 0.6) is 0 Å². The molecule has 3 aromatic rings. The molecule has 0 heterocycles. The number of rotatable bonds is 7. The van der Waals surface area contributed by atoms with Crippen LogP contribution >= 0.6 is 23.2 Å². The summed E-state index contributed by atoms with van der Waals surface area (Å²) in [6.07, 6.45) is 0. The molecule has 0 spiro atoms. The quantitative estimate of drug-likeness (QED) is 0.493. The number of hydrogen-bond acceptors (Lipinski definition) is 3. The first-order valence-electron chi connectivity index (χ1n) is 9.52. The fourth-order valence-corrected chi connectivity index (χ4v) is 4.76. The van der Waals surface area contributed by atoms with Crippen LogP contribution in [0.1, 0.15) is 16.7 Å². The molecule has 0 bridgehead atoms. The number of nitrogens with zero attached hydrogens (tertiary/aromatic N) is 1. The molecule has 0 aliphatic heterocycles. The molecule has 0 aliphatic carbocycles. The summed E-state index contributed by atoms with van der Waals surface area (Å²) >= 11 is 11.9. The molecule has 1 amide bonds. The van der Waals surface area contributed by atoms with Crippen molar-refractivity contribution >= 4 is 44.8 Å². The Kier molecular flexibility index (Phi) is 7.38. The standard InChI is InChI=1S/C23H22Cl2N2O3S/c1-16-4-3-5-18(12-16)14-27(31(29,30)21-10-8-19(24)9-11-21)15-23(28)26-22-13-20(25)7-6-17(22)2/h3-13H,14-15H2,1-2H3,(H,26,28). The van der Waals surface area contributed by atoms with E-state index in [4.69, 9.17) is 23.2 Å². The highest BCUT2D eigenvalue weighted by Gasteiger charge is 2.27. The van der Waals surface area contributed by atoms with Gasteiger partial charge in [0, 0.05) is 22.3 Å². The predicted molar refractivity (Wildman–Crippen MR) is 125 cm³/mol. The van der Waals surface area contributed by atoms with E-state index in [0.29, 0.717) is 15.7 Å². The minimum atomic E-state index is -3.95. The second-order valence-corrected chi connectivity index (χ2v) is 10.0. The number of halogens is 2. The summed E-state index contributed by atoms with van der Waals surface area (Å²) in [5, 5.41) is 3.67. The monoisotopic (exact) mass is 476 g/mol. The molecule has 3 aromatic carbocycles. The van der Waals surface area contributed by atoms with Crippen molar-refractivity contribution in [2.24, 2.45) is 0 Å². The van der Waals surface area contributed by atoms with Crippen molar-refractivity contribution in [1.29, 1.82) is 0 Å². The minimum absolute atomic E-state index is 0.0502. The van der Waals surface area contributed by atoms with E-state index in [1.54, 1.807) is 18.2 Å². The molecule has 3 rings (SSSR count). The lowest BCUT2D eigenvalue weighted by Crippen LogP contribution is -2.37. The highest BCUT2D eigenvalue weighted by atomic mass is 35.5. The number of carbonyl (C=O) groups is 1. The minimum Gasteiger partial charge on any atom is -0.325 e. The second-order valence-electron chi connectivity index (χ2n) is 7.22. The van der Waals surface area contributed by atoms with Gasteiger partial charge in [-0.3, -0.25) is 4.79 Å². The van der Waals surface area contributed by atoms with Crippen molar-refractivity contribution in [2.75, 3.05) is 11.9 Å². The Labute approximate surface area is 192 Å². The third-order valence-corrected chi connectivity index (χ3v) is 6.98. The summed E-state index contributed by atoms with van der Waals surface area (Å²) < 4.78 is 27.8. The number of amides is 1. The Bertz CT molecular complexity index is 1200. The summed E-state index contributed by atoms with van der Waals surface area (Å²) in [7, 11) is -3.95. The van der Waals surface area contributed by atoms with Crippen molar-refractivity contribution in [3.05, 3.63) is 93.5 Å². The van der Waals surface area contributed by atoms with Crippen LogP contribution in [0, 0.1) is 13.8 Å². The molecule has 8 heteroatoms. The first-order valence-corrected chi connectivity index (χ1v) is 11.7. The maximum absolute atomic E-state index is 13.3. The molecule has 0 aliphatic rings. The van der Waals surface area contributed by atoms with Gasteiger partial charge in [-0.1, -0.05) is 59.1 Å². The largest absolute Gasteiger partial charge is 0.325 e. The normalized spacial score (nSPS) is 11.5. The van der Waals surface area contributed by atoms with Crippen molar-refractivity contribution < 1.29 is 13.2 Å². The van der Waals surface area contributed by atoms with E-state index in [-0.39, 0.29) is 18.0 Å². The van der Waals surface area contributed by atoms with Crippen LogP contribution in [0.4, 0.5) is 5.69 Å². The van der Waals surface area contributed by atoms with E-state index >= 15 is 0 Å². The van der Waals surface area contributed by atoms with Gasteiger partial charge in [-0.2, -0.15) is 4.31 Å². The van der Waals surface area contributed by atoms with E-state index < -0.39 is 15.9 Å². The first kappa shape index (κ1) is 23.3. The van der Waals surface area contributed by atoms with Gasteiger partial charge in [-0.15, -0.1) is 0 Å². The first-order chi connectivity index (χ1) is 14.6. The number of benzene rings is 3. The molecule has 0 radical (unpaired) electrons. The van der Waals surface area contributed by atoms with Crippen molar-refractivity contribution in [2.45, 2.75) is 25.3 Å². The lowest BCUT2D eigenvalue weighted by Gasteiger charge is -2.22. The van der Waals surface area contributed by atoms with Gasteiger partial charge < -0.3 is 5.32 Å². The smallest absolute Gasteiger partial charge is 0.243 e. The number of sulfonamides is 1. The van der Waals surface area contributed by atoms with Gasteiger partial charge >= 0.3 is 0 Å². The number of aryl methyl sites for hydroxylation is 2. The zero-order chi connectivity index (χ0) is 22.6. The summed E-state index contributed by atoms with van der Waals surface area (Å²) in [6.45, 7) is 3.45. The average Bonchev–Trinajstić information content (AvgIpc) is 2.70. The maximum Gasteiger partial charge on any atom is 0.243 e. The molecule has 0 atom stereocenters. The number of hydrogen-bond donors (Lipinski definition) is 1. The van der Waals surface area contributed by atoms with Gasteiger partial charge in [-0.25, -0.2) is 8.42 Å². The molecule has 162 valence electrons. The third-order valence-electron chi connectivity index (χ3n) is 4.69. The zero-order valence-corrected chi connectivity index (χ0v) is 19.4. The molecular formula is C23H22Cl2N2O3S. The van der Waals surface area contributed by atoms with Crippen molar-refractivity contribution in [3.8, 4) is 0 Å². The van der Waals surface area contributed by atoms with Crippen LogP contribution in [0.25, 0.3) is 0 Å². The SMILES string of the molecule is Cc1cccc(CN(CC(=O)Nc2cc(Cl)ccc2C)S(=O)(=O)c2ccc(Cl)cc2)c1.